The minimum absolute atomic E-state index is 0.251. The molecule has 0 aromatic heterocycles. The van der Waals surface area contributed by atoms with Gasteiger partial charge in [-0.05, 0) is 54.3 Å². The van der Waals surface area contributed by atoms with E-state index in [0.29, 0.717) is 24.7 Å². The van der Waals surface area contributed by atoms with Crippen molar-refractivity contribution in [3.8, 4) is 11.5 Å². The van der Waals surface area contributed by atoms with Crippen LogP contribution in [0.4, 0.5) is 4.39 Å². The van der Waals surface area contributed by atoms with Crippen molar-refractivity contribution in [2.75, 3.05) is 6.61 Å². The van der Waals surface area contributed by atoms with E-state index in [0.717, 1.165) is 5.75 Å². The first-order chi connectivity index (χ1) is 11.0. The quantitative estimate of drug-likeness (QED) is 0.421. The largest absolute Gasteiger partial charge is 0.494 e. The summed E-state index contributed by atoms with van der Waals surface area (Å²) in [5.41, 5.74) is 1.26. The number of benzene rings is 2. The second-order valence-electron chi connectivity index (χ2n) is 5.60. The molecule has 122 valence electrons. The standard InChI is InChI=1S/C19H21FO3/c1-14(2)15-5-9-17(10-6-15)22-13-3-4-19(21)23-18-11-7-16(20)8-12-18/h5-12,14H,3-4,13H2,1-2H3. The van der Waals surface area contributed by atoms with Crippen molar-refractivity contribution >= 4 is 5.97 Å². The Hall–Kier alpha value is -2.36. The first kappa shape index (κ1) is 17.0. The zero-order valence-electron chi connectivity index (χ0n) is 13.4. The first-order valence-corrected chi connectivity index (χ1v) is 7.73. The van der Waals surface area contributed by atoms with Gasteiger partial charge in [-0.2, -0.15) is 0 Å². The second kappa shape index (κ2) is 8.32. The van der Waals surface area contributed by atoms with Crippen LogP contribution in [0.15, 0.2) is 48.5 Å². The predicted molar refractivity (Wildman–Crippen MR) is 87.3 cm³/mol. The van der Waals surface area contributed by atoms with Gasteiger partial charge in [0.2, 0.25) is 0 Å². The molecule has 0 atom stereocenters. The Morgan fingerprint density at radius 3 is 2.22 bits per heavy atom. The lowest BCUT2D eigenvalue weighted by Crippen LogP contribution is -2.10. The summed E-state index contributed by atoms with van der Waals surface area (Å²) in [6.45, 7) is 4.73. The first-order valence-electron chi connectivity index (χ1n) is 7.73. The van der Waals surface area contributed by atoms with E-state index in [1.807, 2.05) is 24.3 Å². The van der Waals surface area contributed by atoms with E-state index >= 15 is 0 Å². The Morgan fingerprint density at radius 2 is 1.61 bits per heavy atom. The third-order valence-electron chi connectivity index (χ3n) is 3.39. The van der Waals surface area contributed by atoms with Crippen molar-refractivity contribution in [3.63, 3.8) is 0 Å². The van der Waals surface area contributed by atoms with Gasteiger partial charge in [0.05, 0.1) is 6.61 Å². The number of esters is 1. The van der Waals surface area contributed by atoms with Gasteiger partial charge in [0.15, 0.2) is 0 Å². The Kier molecular flexibility index (Phi) is 6.15. The number of carbonyl (C=O) groups excluding carboxylic acids is 1. The van der Waals surface area contributed by atoms with Gasteiger partial charge in [-0.25, -0.2) is 4.39 Å². The van der Waals surface area contributed by atoms with Gasteiger partial charge in [-0.1, -0.05) is 26.0 Å². The molecule has 0 saturated heterocycles. The fourth-order valence-electron chi connectivity index (χ4n) is 2.04. The maximum absolute atomic E-state index is 12.7. The van der Waals surface area contributed by atoms with Gasteiger partial charge < -0.3 is 9.47 Å². The summed E-state index contributed by atoms with van der Waals surface area (Å²) in [7, 11) is 0. The lowest BCUT2D eigenvalue weighted by Gasteiger charge is -2.09. The molecule has 0 aliphatic rings. The molecule has 2 aromatic carbocycles. The molecule has 0 spiro atoms. The summed E-state index contributed by atoms with van der Waals surface area (Å²) in [6.07, 6.45) is 0.813. The van der Waals surface area contributed by atoms with Gasteiger partial charge in [0, 0.05) is 6.42 Å². The molecule has 0 saturated carbocycles. The highest BCUT2D eigenvalue weighted by atomic mass is 19.1. The maximum Gasteiger partial charge on any atom is 0.311 e. The summed E-state index contributed by atoms with van der Waals surface area (Å²) in [4.78, 5) is 11.7. The van der Waals surface area contributed by atoms with E-state index in [4.69, 9.17) is 9.47 Å². The monoisotopic (exact) mass is 316 g/mol. The second-order valence-corrected chi connectivity index (χ2v) is 5.60. The molecule has 2 rings (SSSR count). The molecule has 0 aliphatic carbocycles. The Labute approximate surface area is 136 Å². The number of hydrogen-bond donors (Lipinski definition) is 0. The average molecular weight is 316 g/mol. The van der Waals surface area contributed by atoms with Crippen LogP contribution in [-0.2, 0) is 4.79 Å². The van der Waals surface area contributed by atoms with Crippen LogP contribution < -0.4 is 9.47 Å². The minimum atomic E-state index is -0.360. The van der Waals surface area contributed by atoms with Crippen LogP contribution in [0.25, 0.3) is 0 Å². The van der Waals surface area contributed by atoms with Crippen molar-refractivity contribution in [2.45, 2.75) is 32.6 Å². The molecule has 0 unspecified atom stereocenters. The molecular weight excluding hydrogens is 295 g/mol. The highest BCUT2D eigenvalue weighted by Gasteiger charge is 2.05. The van der Waals surface area contributed by atoms with E-state index in [1.165, 1.54) is 29.8 Å². The van der Waals surface area contributed by atoms with Crippen molar-refractivity contribution in [2.24, 2.45) is 0 Å². The lowest BCUT2D eigenvalue weighted by atomic mass is 10.0. The Bertz CT molecular complexity index is 618. The number of carbonyl (C=O) groups is 1. The number of rotatable bonds is 7. The SMILES string of the molecule is CC(C)c1ccc(OCCCC(=O)Oc2ccc(F)cc2)cc1. The number of hydrogen-bond acceptors (Lipinski definition) is 3. The molecule has 0 amide bonds. The van der Waals surface area contributed by atoms with Gasteiger partial charge in [0.1, 0.15) is 17.3 Å². The summed E-state index contributed by atoms with van der Waals surface area (Å²) < 4.78 is 23.4. The maximum atomic E-state index is 12.7. The third kappa shape index (κ3) is 5.74. The van der Waals surface area contributed by atoms with Crippen LogP contribution in [0.2, 0.25) is 0 Å². The lowest BCUT2D eigenvalue weighted by molar-refractivity contribution is -0.134. The molecule has 3 nitrogen and oxygen atoms in total. The zero-order chi connectivity index (χ0) is 16.7. The molecule has 0 aliphatic heterocycles. The average Bonchev–Trinajstić information content (AvgIpc) is 2.54. The van der Waals surface area contributed by atoms with Crippen molar-refractivity contribution in [3.05, 3.63) is 59.9 Å². The molecule has 2 aromatic rings. The third-order valence-corrected chi connectivity index (χ3v) is 3.39. The Balaban J connectivity index is 1.68. The Morgan fingerprint density at radius 1 is 1.00 bits per heavy atom. The number of halogens is 1. The van der Waals surface area contributed by atoms with Crippen LogP contribution in [0, 0.1) is 5.82 Å². The van der Waals surface area contributed by atoms with E-state index < -0.39 is 0 Å². The van der Waals surface area contributed by atoms with Crippen LogP contribution in [-0.4, -0.2) is 12.6 Å². The fourth-order valence-corrected chi connectivity index (χ4v) is 2.04. The smallest absolute Gasteiger partial charge is 0.311 e. The molecule has 0 heterocycles. The van der Waals surface area contributed by atoms with Crippen molar-refractivity contribution in [1.82, 2.24) is 0 Å². The highest BCUT2D eigenvalue weighted by Crippen LogP contribution is 2.19. The summed E-state index contributed by atoms with van der Waals surface area (Å²) in [5.74, 6) is 0.922. The summed E-state index contributed by atoms with van der Waals surface area (Å²) in [6, 6.07) is 13.3. The zero-order valence-corrected chi connectivity index (χ0v) is 13.4. The van der Waals surface area contributed by atoms with Crippen LogP contribution in [0.5, 0.6) is 11.5 Å². The van der Waals surface area contributed by atoms with Gasteiger partial charge >= 0.3 is 5.97 Å². The highest BCUT2D eigenvalue weighted by molar-refractivity contribution is 5.72. The topological polar surface area (TPSA) is 35.5 Å². The van der Waals surface area contributed by atoms with E-state index in [-0.39, 0.29) is 18.2 Å². The molecule has 23 heavy (non-hydrogen) atoms. The summed E-state index contributed by atoms with van der Waals surface area (Å²) in [5, 5.41) is 0. The molecule has 0 N–H and O–H groups in total. The van der Waals surface area contributed by atoms with Crippen LogP contribution >= 0.6 is 0 Å². The van der Waals surface area contributed by atoms with Crippen LogP contribution in [0.1, 0.15) is 38.2 Å². The van der Waals surface area contributed by atoms with E-state index in [9.17, 15) is 9.18 Å². The van der Waals surface area contributed by atoms with Gasteiger partial charge in [-0.15, -0.1) is 0 Å². The molecule has 4 heteroatoms. The van der Waals surface area contributed by atoms with Crippen LogP contribution in [0.3, 0.4) is 0 Å². The minimum Gasteiger partial charge on any atom is -0.494 e. The van der Waals surface area contributed by atoms with E-state index in [1.54, 1.807) is 0 Å². The number of ether oxygens (including phenoxy) is 2. The predicted octanol–water partition coefficient (Wildman–Crippen LogP) is 4.71. The molecule has 0 bridgehead atoms. The molecule has 0 radical (unpaired) electrons. The summed E-state index contributed by atoms with van der Waals surface area (Å²) >= 11 is 0. The molecular formula is C19H21FO3. The normalized spacial score (nSPS) is 10.6. The fraction of sp³-hybridized carbons (Fsp3) is 0.316. The van der Waals surface area contributed by atoms with Crippen molar-refractivity contribution in [1.29, 1.82) is 0 Å². The van der Waals surface area contributed by atoms with Gasteiger partial charge in [-0.3, -0.25) is 4.79 Å². The van der Waals surface area contributed by atoms with Crippen molar-refractivity contribution < 1.29 is 18.7 Å². The molecule has 0 fully saturated rings. The van der Waals surface area contributed by atoms with Gasteiger partial charge in [0.25, 0.3) is 0 Å². The van der Waals surface area contributed by atoms with E-state index in [2.05, 4.69) is 13.8 Å².